The molecule has 0 spiro atoms. The van der Waals surface area contributed by atoms with Crippen LogP contribution in [0.2, 0.25) is 0 Å². The van der Waals surface area contributed by atoms with E-state index < -0.39 is 29.2 Å². The van der Waals surface area contributed by atoms with Crippen LogP contribution in [0.25, 0.3) is 11.1 Å². The van der Waals surface area contributed by atoms with E-state index in [1.54, 1.807) is 36.0 Å². The van der Waals surface area contributed by atoms with Crippen molar-refractivity contribution >= 4 is 62.8 Å². The lowest BCUT2D eigenvalue weighted by molar-refractivity contribution is -0.663. The molecule has 0 aromatic carbocycles. The Morgan fingerprint density at radius 2 is 2.29 bits per heavy atom. The molecule has 14 heteroatoms. The zero-order chi connectivity index (χ0) is 24.7. The number of hydrogen-bond donors (Lipinski definition) is 2. The summed E-state index contributed by atoms with van der Waals surface area (Å²) in [5.74, 6) is -2.38. The lowest BCUT2D eigenvalue weighted by Crippen LogP contribution is -2.71. The fraction of sp³-hybridized carbons (Fsp3) is 0.238. The minimum atomic E-state index is -1.46. The molecule has 35 heavy (non-hydrogen) atoms. The minimum Gasteiger partial charge on any atom is -0.543 e. The third-order valence-corrected chi connectivity index (χ3v) is 7.56. The number of oxime groups is 1. The fourth-order valence-corrected chi connectivity index (χ4v) is 5.91. The van der Waals surface area contributed by atoms with Gasteiger partial charge in [-0.15, -0.1) is 23.1 Å². The number of nitrogens with one attached hydrogen (secondary N) is 1. The number of anilines is 1. The Hall–Kier alpha value is -3.91. The first-order valence-electron chi connectivity index (χ1n) is 10.3. The molecule has 2 aliphatic heterocycles. The highest BCUT2D eigenvalue weighted by molar-refractivity contribution is 8.00. The summed E-state index contributed by atoms with van der Waals surface area (Å²) < 4.78 is 7.25. The molecule has 0 aliphatic carbocycles. The number of nitrogens with two attached hydrogens (primary N) is 1. The number of aromatic nitrogens is 2. The van der Waals surface area contributed by atoms with E-state index in [0.29, 0.717) is 16.9 Å². The molecule has 0 saturated carbocycles. The van der Waals surface area contributed by atoms with Crippen molar-refractivity contribution in [2.45, 2.75) is 18.0 Å². The number of pyridine rings is 1. The molecule has 3 aromatic rings. The van der Waals surface area contributed by atoms with Crippen LogP contribution >= 0.6 is 23.1 Å². The van der Waals surface area contributed by atoms with Gasteiger partial charge in [-0.25, -0.2) is 4.98 Å². The second kappa shape index (κ2) is 9.03. The molecular formula is C21H18N6O6S2. The molecule has 2 aliphatic rings. The third kappa shape index (κ3) is 4.00. The maximum atomic E-state index is 13.0. The summed E-state index contributed by atoms with van der Waals surface area (Å²) in [6.07, 6.45) is 3.35. The Kier molecular flexibility index (Phi) is 5.90. The van der Waals surface area contributed by atoms with Crippen molar-refractivity contribution in [2.75, 3.05) is 18.6 Å². The van der Waals surface area contributed by atoms with Crippen molar-refractivity contribution in [1.82, 2.24) is 15.2 Å². The number of thiazole rings is 1. The van der Waals surface area contributed by atoms with E-state index >= 15 is 0 Å². The lowest BCUT2D eigenvalue weighted by atomic mass is 10.0. The van der Waals surface area contributed by atoms with Crippen LogP contribution in [-0.4, -0.2) is 57.7 Å². The van der Waals surface area contributed by atoms with Crippen LogP contribution in [0.15, 0.2) is 56.9 Å². The van der Waals surface area contributed by atoms with Crippen LogP contribution in [0.1, 0.15) is 5.69 Å². The number of β-lactam (4-membered cyclic amide) rings is 1. The highest BCUT2D eigenvalue weighted by Crippen LogP contribution is 2.40. The lowest BCUT2D eigenvalue weighted by Gasteiger charge is -2.50. The Morgan fingerprint density at radius 3 is 3.00 bits per heavy atom. The van der Waals surface area contributed by atoms with Gasteiger partial charge in [0.15, 0.2) is 29.2 Å². The zero-order valence-corrected chi connectivity index (χ0v) is 19.8. The van der Waals surface area contributed by atoms with Gasteiger partial charge in [-0.05, 0) is 6.07 Å². The topological polar surface area (TPSA) is 167 Å². The molecule has 2 atom stereocenters. The number of carboxylic acids is 1. The monoisotopic (exact) mass is 514 g/mol. The summed E-state index contributed by atoms with van der Waals surface area (Å²) in [6.45, 7) is 0.233. The van der Waals surface area contributed by atoms with Crippen molar-refractivity contribution in [3.63, 3.8) is 0 Å². The Labute approximate surface area is 206 Å². The first kappa shape index (κ1) is 22.9. The molecule has 0 unspecified atom stereocenters. The molecular weight excluding hydrogens is 496 g/mol. The molecule has 3 aromatic heterocycles. The van der Waals surface area contributed by atoms with E-state index in [-0.39, 0.29) is 28.8 Å². The number of furan rings is 1. The molecule has 5 heterocycles. The Bertz CT molecular complexity index is 1410. The number of fused-ring (bicyclic) bond motifs is 2. The summed E-state index contributed by atoms with van der Waals surface area (Å²) in [6, 6.07) is 4.42. The average Bonchev–Trinajstić information content (AvgIpc) is 3.49. The molecule has 0 radical (unpaired) electrons. The van der Waals surface area contributed by atoms with E-state index in [1.165, 1.54) is 18.9 Å². The normalized spacial score (nSPS) is 20.0. The van der Waals surface area contributed by atoms with Crippen LogP contribution in [0.4, 0.5) is 5.13 Å². The van der Waals surface area contributed by atoms with Gasteiger partial charge in [-0.2, -0.15) is 4.57 Å². The number of carbonyl (C=O) groups is 3. The molecule has 180 valence electrons. The van der Waals surface area contributed by atoms with Gasteiger partial charge < -0.3 is 30.2 Å². The minimum absolute atomic E-state index is 0.145. The number of amides is 2. The van der Waals surface area contributed by atoms with Crippen molar-refractivity contribution in [3.8, 4) is 0 Å². The average molecular weight is 515 g/mol. The Morgan fingerprint density at radius 1 is 1.46 bits per heavy atom. The first-order valence-corrected chi connectivity index (χ1v) is 12.2. The van der Waals surface area contributed by atoms with Gasteiger partial charge in [0.05, 0.1) is 17.9 Å². The number of rotatable bonds is 7. The van der Waals surface area contributed by atoms with Crippen LogP contribution in [-0.2, 0) is 25.8 Å². The van der Waals surface area contributed by atoms with Gasteiger partial charge in [0.2, 0.25) is 0 Å². The predicted octanol–water partition coefficient (Wildman–Crippen LogP) is -0.786. The summed E-state index contributed by atoms with van der Waals surface area (Å²) in [7, 11) is 1.27. The van der Waals surface area contributed by atoms with Crippen LogP contribution in [0, 0.1) is 0 Å². The number of hydrogen-bond acceptors (Lipinski definition) is 11. The summed E-state index contributed by atoms with van der Waals surface area (Å²) in [5, 5.41) is 19.6. The fourth-order valence-electron chi connectivity index (χ4n) is 4.03. The van der Waals surface area contributed by atoms with Gasteiger partial charge in [0, 0.05) is 28.8 Å². The molecule has 3 N–H and O–H groups in total. The largest absolute Gasteiger partial charge is 0.543 e. The maximum Gasteiger partial charge on any atom is 0.276 e. The Balaban J connectivity index is 1.38. The molecule has 0 bridgehead atoms. The van der Waals surface area contributed by atoms with Crippen molar-refractivity contribution < 1.29 is 33.3 Å². The summed E-state index contributed by atoms with van der Waals surface area (Å²) >= 11 is 2.47. The SMILES string of the molecule is CO/N=C(\C(=O)N[C@@H]1C(=O)N2C(C(=O)[O-])=C(C[n+]3cccc4occc43)CS[C@H]12)c1csc(N)n1. The number of carbonyl (C=O) groups excluding carboxylic acids is 3. The predicted molar refractivity (Wildman–Crippen MR) is 124 cm³/mol. The highest BCUT2D eigenvalue weighted by Gasteiger charge is 2.53. The molecule has 1 saturated heterocycles. The second-order valence-electron chi connectivity index (χ2n) is 7.60. The van der Waals surface area contributed by atoms with Gasteiger partial charge >= 0.3 is 0 Å². The van der Waals surface area contributed by atoms with Crippen LogP contribution < -0.4 is 20.7 Å². The van der Waals surface area contributed by atoms with E-state index in [9.17, 15) is 19.5 Å². The maximum absolute atomic E-state index is 13.0. The van der Waals surface area contributed by atoms with Crippen molar-refractivity contribution in [3.05, 3.63) is 53.0 Å². The van der Waals surface area contributed by atoms with Gasteiger partial charge in [-0.3, -0.25) is 14.5 Å². The van der Waals surface area contributed by atoms with E-state index in [4.69, 9.17) is 15.0 Å². The van der Waals surface area contributed by atoms with E-state index in [0.717, 1.165) is 21.8 Å². The molecule has 1 fully saturated rings. The number of nitrogen functional groups attached to an aromatic ring is 1. The highest BCUT2D eigenvalue weighted by atomic mass is 32.2. The summed E-state index contributed by atoms with van der Waals surface area (Å²) in [4.78, 5) is 47.8. The van der Waals surface area contributed by atoms with Gasteiger partial charge in [-0.1, -0.05) is 5.16 Å². The van der Waals surface area contributed by atoms with Gasteiger partial charge in [0.1, 0.15) is 24.2 Å². The third-order valence-electron chi connectivity index (χ3n) is 5.55. The number of carboxylic acid groups (broad SMARTS) is 1. The van der Waals surface area contributed by atoms with E-state index in [1.807, 2.05) is 4.57 Å². The van der Waals surface area contributed by atoms with Crippen LogP contribution in [0.3, 0.4) is 0 Å². The molecule has 5 rings (SSSR count). The number of nitrogens with zero attached hydrogens (tertiary/aromatic N) is 4. The van der Waals surface area contributed by atoms with Crippen molar-refractivity contribution in [1.29, 1.82) is 0 Å². The van der Waals surface area contributed by atoms with Crippen LogP contribution in [0.5, 0.6) is 0 Å². The second-order valence-corrected chi connectivity index (χ2v) is 9.59. The number of thioether (sulfide) groups is 1. The van der Waals surface area contributed by atoms with Crippen molar-refractivity contribution in [2.24, 2.45) is 5.16 Å². The summed E-state index contributed by atoms with van der Waals surface area (Å²) in [5.41, 5.74) is 7.47. The molecule has 2 amide bonds. The smallest absolute Gasteiger partial charge is 0.276 e. The molecule has 12 nitrogen and oxygen atoms in total. The first-order chi connectivity index (χ1) is 16.9. The zero-order valence-electron chi connectivity index (χ0n) is 18.2. The standard InChI is InChI=1S/C21H18N6O6S2/c1-32-25-14(11-9-35-21(22)23-11)17(28)24-15-18(29)27-16(20(30)31)10(8-34-19(15)27)7-26-5-2-3-13-12(26)4-6-33-13/h2-6,9,15,19H,7-8H2,1H3,(H3-,22,23,24,28,30,31)/b25-14-/t15-,19-/m1/s1. The number of aliphatic carboxylic acids is 1. The van der Waals surface area contributed by atoms with Gasteiger partial charge in [0.25, 0.3) is 17.3 Å². The van der Waals surface area contributed by atoms with E-state index in [2.05, 4.69) is 15.5 Å². The quantitative estimate of drug-likeness (QED) is 0.178.